The first-order valence-electron chi connectivity index (χ1n) is 9.64. The van der Waals surface area contributed by atoms with E-state index in [0.29, 0.717) is 36.3 Å². The van der Waals surface area contributed by atoms with E-state index >= 15 is 0 Å². The highest BCUT2D eigenvalue weighted by Crippen LogP contribution is 2.32. The molecule has 31 heavy (non-hydrogen) atoms. The van der Waals surface area contributed by atoms with Crippen LogP contribution in [0.15, 0.2) is 30.3 Å². The summed E-state index contributed by atoms with van der Waals surface area (Å²) in [5.41, 5.74) is 4.51. The molecule has 0 aliphatic carbocycles. The maximum Gasteiger partial charge on any atom is 0.401 e. The molecular formula is C21H20ClF3IN5. The smallest absolute Gasteiger partial charge is 0.323 e. The quantitative estimate of drug-likeness (QED) is 0.415. The van der Waals surface area contributed by atoms with Crippen molar-refractivity contribution in [2.24, 2.45) is 7.05 Å². The Bertz CT molecular complexity index is 1130. The summed E-state index contributed by atoms with van der Waals surface area (Å²) in [5.74, 6) is 1.09. The van der Waals surface area contributed by atoms with Gasteiger partial charge in [-0.2, -0.15) is 18.2 Å². The van der Waals surface area contributed by atoms with Gasteiger partial charge < -0.3 is 5.32 Å². The molecule has 1 aromatic heterocycles. The van der Waals surface area contributed by atoms with E-state index in [1.165, 1.54) is 4.90 Å². The van der Waals surface area contributed by atoms with E-state index in [1.54, 1.807) is 11.7 Å². The summed E-state index contributed by atoms with van der Waals surface area (Å²) in [6.07, 6.45) is -3.62. The lowest BCUT2D eigenvalue weighted by molar-refractivity contribution is -0.147. The number of rotatable bonds is 4. The first-order chi connectivity index (χ1) is 14.6. The Morgan fingerprint density at radius 1 is 1.19 bits per heavy atom. The van der Waals surface area contributed by atoms with Crippen LogP contribution in [0.4, 0.5) is 24.8 Å². The zero-order chi connectivity index (χ0) is 22.3. The van der Waals surface area contributed by atoms with Crippen molar-refractivity contribution in [2.75, 3.05) is 18.4 Å². The monoisotopic (exact) mass is 561 g/mol. The molecule has 4 rings (SSSR count). The number of aryl methyl sites for hydroxylation is 1. The van der Waals surface area contributed by atoms with Gasteiger partial charge in [0.25, 0.3) is 0 Å². The number of hydrogen-bond acceptors (Lipinski definition) is 4. The van der Waals surface area contributed by atoms with Gasteiger partial charge >= 0.3 is 6.18 Å². The third-order valence-electron chi connectivity index (χ3n) is 5.29. The van der Waals surface area contributed by atoms with Crippen LogP contribution >= 0.6 is 34.2 Å². The Labute approximate surface area is 196 Å². The van der Waals surface area contributed by atoms with Crippen LogP contribution in [0.1, 0.15) is 16.7 Å². The topological polar surface area (TPSA) is 46.0 Å². The number of fused-ring (bicyclic) bond motifs is 1. The molecule has 0 bridgehead atoms. The molecule has 0 radical (unpaired) electrons. The van der Waals surface area contributed by atoms with Gasteiger partial charge in [-0.15, -0.1) is 5.10 Å². The summed E-state index contributed by atoms with van der Waals surface area (Å²) in [6.45, 7) is 1.75. The minimum absolute atomic E-state index is 0.294. The van der Waals surface area contributed by atoms with Crippen molar-refractivity contribution < 1.29 is 13.2 Å². The van der Waals surface area contributed by atoms with Crippen LogP contribution in [0.3, 0.4) is 0 Å². The molecule has 1 N–H and O–H groups in total. The van der Waals surface area contributed by atoms with Crippen LogP contribution in [0.25, 0.3) is 11.4 Å². The first kappa shape index (κ1) is 22.3. The number of halogens is 5. The van der Waals surface area contributed by atoms with Crippen LogP contribution in [0, 0.1) is 10.5 Å². The second kappa shape index (κ2) is 8.59. The van der Waals surface area contributed by atoms with E-state index in [-0.39, 0.29) is 0 Å². The summed E-state index contributed by atoms with van der Waals surface area (Å²) in [7, 11) is 1.79. The van der Waals surface area contributed by atoms with Gasteiger partial charge in [-0.3, -0.25) is 4.90 Å². The van der Waals surface area contributed by atoms with Crippen LogP contribution < -0.4 is 5.32 Å². The predicted octanol–water partition coefficient (Wildman–Crippen LogP) is 5.71. The van der Waals surface area contributed by atoms with Crippen molar-refractivity contribution in [1.29, 1.82) is 0 Å². The molecule has 0 fully saturated rings. The Hall–Kier alpha value is -1.85. The molecule has 0 saturated carbocycles. The van der Waals surface area contributed by atoms with Gasteiger partial charge in [-0.25, -0.2) is 4.68 Å². The molecular weight excluding hydrogens is 542 g/mol. The number of aromatic nitrogens is 3. The summed E-state index contributed by atoms with van der Waals surface area (Å²) >= 11 is 8.69. The Morgan fingerprint density at radius 3 is 2.71 bits per heavy atom. The van der Waals surface area contributed by atoms with Gasteiger partial charge in [0.15, 0.2) is 5.82 Å². The fourth-order valence-electron chi connectivity index (χ4n) is 3.63. The van der Waals surface area contributed by atoms with Crippen LogP contribution in [-0.2, 0) is 20.0 Å². The normalized spacial score (nSPS) is 14.5. The van der Waals surface area contributed by atoms with Gasteiger partial charge in [-0.1, -0.05) is 23.7 Å². The van der Waals surface area contributed by atoms with Gasteiger partial charge in [-0.05, 0) is 70.8 Å². The van der Waals surface area contributed by atoms with E-state index in [9.17, 15) is 13.2 Å². The molecule has 2 aromatic carbocycles. The van der Waals surface area contributed by atoms with Crippen LogP contribution in [-0.4, -0.2) is 38.9 Å². The Balaban J connectivity index is 1.55. The zero-order valence-electron chi connectivity index (χ0n) is 16.9. The second-order valence-electron chi connectivity index (χ2n) is 7.60. The number of nitrogens with one attached hydrogen (secondary N) is 1. The lowest BCUT2D eigenvalue weighted by Gasteiger charge is -2.29. The molecule has 1 aliphatic heterocycles. The van der Waals surface area contributed by atoms with Crippen molar-refractivity contribution in [3.63, 3.8) is 0 Å². The second-order valence-corrected chi connectivity index (χ2v) is 9.14. The number of benzene rings is 2. The fraction of sp³-hybridized carbons (Fsp3) is 0.333. The lowest BCUT2D eigenvalue weighted by Crippen LogP contribution is -2.37. The minimum atomic E-state index is -4.18. The predicted molar refractivity (Wildman–Crippen MR) is 124 cm³/mol. The standard InChI is InChI=1S/C21H20ClF3IN5/c1-12-16(26)5-6-17(18(12)22)27-20-28-19(29-30(20)2)14-3-4-15-10-31(11-21(23,24)25)8-7-13(15)9-14/h3-6,9H,7-8,10-11H2,1-2H3,(H,27,28,29). The molecule has 0 amide bonds. The van der Waals surface area contributed by atoms with Gasteiger partial charge in [0.2, 0.25) is 5.95 Å². The molecule has 0 unspecified atom stereocenters. The van der Waals surface area contributed by atoms with E-state index in [1.807, 2.05) is 37.3 Å². The highest BCUT2D eigenvalue weighted by atomic mass is 127. The maximum absolute atomic E-state index is 12.7. The molecule has 2 heterocycles. The van der Waals surface area contributed by atoms with Crippen molar-refractivity contribution in [1.82, 2.24) is 19.7 Å². The molecule has 5 nitrogen and oxygen atoms in total. The fourth-order valence-corrected chi connectivity index (χ4v) is 4.45. The van der Waals surface area contributed by atoms with Crippen molar-refractivity contribution in [2.45, 2.75) is 26.1 Å². The van der Waals surface area contributed by atoms with Crippen LogP contribution in [0.2, 0.25) is 5.02 Å². The SMILES string of the molecule is Cc1c(I)ccc(Nc2nc(-c3ccc4c(c3)CCN(CC(F)(F)F)C4)nn2C)c1Cl. The van der Waals surface area contributed by atoms with E-state index in [2.05, 4.69) is 38.0 Å². The van der Waals surface area contributed by atoms with Crippen molar-refractivity contribution in [3.05, 3.63) is 55.6 Å². The van der Waals surface area contributed by atoms with Crippen molar-refractivity contribution in [3.8, 4) is 11.4 Å². The number of alkyl halides is 3. The van der Waals surface area contributed by atoms with Gasteiger partial charge in [0, 0.05) is 29.3 Å². The van der Waals surface area contributed by atoms with Gasteiger partial charge in [0.1, 0.15) is 0 Å². The lowest BCUT2D eigenvalue weighted by atomic mass is 9.97. The summed E-state index contributed by atoms with van der Waals surface area (Å²) in [4.78, 5) is 6.03. The van der Waals surface area contributed by atoms with Crippen LogP contribution in [0.5, 0.6) is 0 Å². The Kier molecular flexibility index (Phi) is 6.19. The molecule has 0 saturated heterocycles. The average Bonchev–Trinajstić information content (AvgIpc) is 3.07. The highest BCUT2D eigenvalue weighted by Gasteiger charge is 2.32. The molecule has 0 atom stereocenters. The Morgan fingerprint density at radius 2 is 1.97 bits per heavy atom. The van der Waals surface area contributed by atoms with E-state index < -0.39 is 12.7 Å². The van der Waals surface area contributed by atoms with E-state index in [4.69, 9.17) is 11.6 Å². The molecule has 3 aromatic rings. The molecule has 0 spiro atoms. The number of nitrogens with zero attached hydrogens (tertiary/aromatic N) is 4. The van der Waals surface area contributed by atoms with Crippen molar-refractivity contribution >= 4 is 45.8 Å². The minimum Gasteiger partial charge on any atom is -0.323 e. The summed E-state index contributed by atoms with van der Waals surface area (Å²) < 4.78 is 40.8. The number of anilines is 2. The largest absolute Gasteiger partial charge is 0.401 e. The maximum atomic E-state index is 12.7. The summed E-state index contributed by atoms with van der Waals surface area (Å²) in [6, 6.07) is 9.58. The van der Waals surface area contributed by atoms with Gasteiger partial charge in [0.05, 0.1) is 17.3 Å². The summed E-state index contributed by atoms with van der Waals surface area (Å²) in [5, 5.41) is 8.36. The highest BCUT2D eigenvalue weighted by molar-refractivity contribution is 14.1. The molecule has 1 aliphatic rings. The molecule has 10 heteroatoms. The zero-order valence-corrected chi connectivity index (χ0v) is 19.8. The molecule has 164 valence electrons. The third-order valence-corrected chi connectivity index (χ3v) is 6.94. The number of hydrogen-bond donors (Lipinski definition) is 1. The van der Waals surface area contributed by atoms with E-state index in [0.717, 1.165) is 31.5 Å². The third kappa shape index (κ3) is 4.98. The average molecular weight is 562 g/mol. The first-order valence-corrected chi connectivity index (χ1v) is 11.1.